The van der Waals surface area contributed by atoms with Crippen molar-refractivity contribution in [2.45, 2.75) is 71.1 Å². The minimum Gasteiger partial charge on any atom is -0.492 e. The number of halogens is 2. The van der Waals surface area contributed by atoms with Crippen molar-refractivity contribution in [3.05, 3.63) is 22.2 Å². The van der Waals surface area contributed by atoms with Crippen molar-refractivity contribution in [3.8, 4) is 5.75 Å². The number of hydrogen-bond acceptors (Lipinski definition) is 1. The predicted octanol–water partition coefficient (Wildman–Crippen LogP) is 6.79. The monoisotopic (exact) mass is 362 g/mol. The van der Waals surface area contributed by atoms with Gasteiger partial charge in [0.2, 0.25) is 0 Å². The lowest BCUT2D eigenvalue weighted by Crippen LogP contribution is -2.01. The molecule has 22 heavy (non-hydrogen) atoms. The molecule has 0 spiro atoms. The summed E-state index contributed by atoms with van der Waals surface area (Å²) in [6, 6.07) is 3.79. The molecule has 0 radical (unpaired) electrons. The number of rotatable bonds is 12. The van der Waals surface area contributed by atoms with E-state index in [9.17, 15) is 0 Å². The fourth-order valence-electron chi connectivity index (χ4n) is 2.43. The van der Waals surface area contributed by atoms with Gasteiger partial charge in [-0.2, -0.15) is 0 Å². The normalized spacial score (nSPS) is 10.9. The van der Waals surface area contributed by atoms with Crippen molar-refractivity contribution in [3.63, 3.8) is 0 Å². The molecule has 0 heterocycles. The molecule has 126 valence electrons. The summed E-state index contributed by atoms with van der Waals surface area (Å²) in [6.07, 6.45) is 13.2. The molecule has 0 bridgehead atoms. The van der Waals surface area contributed by atoms with Crippen molar-refractivity contribution in [1.82, 2.24) is 0 Å². The summed E-state index contributed by atoms with van der Waals surface area (Å²) < 4.78 is 5.72. The molecule has 0 saturated carbocycles. The molecule has 0 aromatic heterocycles. The Bertz CT molecular complexity index is 424. The standard InChI is InChI=1S/C18H29Cl2OP/c1-2-3-4-5-6-7-8-9-10-11-14-21-15-12-13-16(22)18(20)17(15)19/h12-13H,2-11,14,22H2,1H3. The topological polar surface area (TPSA) is 9.23 Å². The molecule has 0 saturated heterocycles. The van der Waals surface area contributed by atoms with E-state index >= 15 is 0 Å². The van der Waals surface area contributed by atoms with Crippen LogP contribution < -0.4 is 10.0 Å². The Morgan fingerprint density at radius 1 is 0.818 bits per heavy atom. The van der Waals surface area contributed by atoms with E-state index in [1.54, 1.807) is 0 Å². The molecule has 0 amide bonds. The average Bonchev–Trinajstić information content (AvgIpc) is 2.52. The second kappa shape index (κ2) is 12.5. The highest BCUT2D eigenvalue weighted by molar-refractivity contribution is 7.28. The summed E-state index contributed by atoms with van der Waals surface area (Å²) in [4.78, 5) is 0. The Kier molecular flexibility index (Phi) is 11.4. The van der Waals surface area contributed by atoms with E-state index in [1.165, 1.54) is 57.8 Å². The molecular weight excluding hydrogens is 334 g/mol. The van der Waals surface area contributed by atoms with Crippen LogP contribution in [0.2, 0.25) is 10.0 Å². The van der Waals surface area contributed by atoms with Gasteiger partial charge < -0.3 is 4.74 Å². The molecule has 0 fully saturated rings. The molecule has 0 aliphatic heterocycles. The van der Waals surface area contributed by atoms with Gasteiger partial charge in [0, 0.05) is 0 Å². The molecular formula is C18H29Cl2OP. The highest BCUT2D eigenvalue weighted by atomic mass is 35.5. The first kappa shape index (κ1) is 20.1. The van der Waals surface area contributed by atoms with Crippen LogP contribution in [0.1, 0.15) is 71.1 Å². The van der Waals surface area contributed by atoms with E-state index in [0.717, 1.165) is 11.7 Å². The SMILES string of the molecule is CCCCCCCCCCCCOc1ccc(P)c(Cl)c1Cl. The second-order valence-corrected chi connectivity index (χ2v) is 7.19. The van der Waals surface area contributed by atoms with Gasteiger partial charge in [0.25, 0.3) is 0 Å². The van der Waals surface area contributed by atoms with E-state index in [4.69, 9.17) is 27.9 Å². The first-order valence-electron chi connectivity index (χ1n) is 8.53. The Morgan fingerprint density at radius 2 is 1.36 bits per heavy atom. The molecule has 0 aliphatic carbocycles. The highest BCUT2D eigenvalue weighted by Gasteiger charge is 2.08. The summed E-state index contributed by atoms with van der Waals surface area (Å²) in [7, 11) is 2.57. The maximum absolute atomic E-state index is 6.16. The Labute approximate surface area is 148 Å². The number of benzene rings is 1. The van der Waals surface area contributed by atoms with Gasteiger partial charge in [-0.15, -0.1) is 9.24 Å². The van der Waals surface area contributed by atoms with Crippen LogP contribution in [-0.2, 0) is 0 Å². The fraction of sp³-hybridized carbons (Fsp3) is 0.667. The number of ether oxygens (including phenoxy) is 1. The van der Waals surface area contributed by atoms with Crippen LogP contribution in [-0.4, -0.2) is 6.61 Å². The molecule has 0 aliphatic rings. The lowest BCUT2D eigenvalue weighted by atomic mass is 10.1. The maximum atomic E-state index is 6.16. The molecule has 1 atom stereocenters. The summed E-state index contributed by atoms with van der Waals surface area (Å²) in [5.41, 5.74) is 0. The van der Waals surface area contributed by atoms with Crippen molar-refractivity contribution >= 4 is 37.7 Å². The Morgan fingerprint density at radius 3 is 1.95 bits per heavy atom. The van der Waals surface area contributed by atoms with E-state index < -0.39 is 0 Å². The molecule has 1 rings (SSSR count). The van der Waals surface area contributed by atoms with Crippen molar-refractivity contribution in [1.29, 1.82) is 0 Å². The third-order valence-corrected chi connectivity index (χ3v) is 5.38. The second-order valence-electron chi connectivity index (χ2n) is 5.81. The zero-order valence-electron chi connectivity index (χ0n) is 13.7. The van der Waals surface area contributed by atoms with Crippen LogP contribution in [0.25, 0.3) is 0 Å². The number of hydrogen-bond donors (Lipinski definition) is 0. The fourth-order valence-corrected chi connectivity index (χ4v) is 3.14. The van der Waals surface area contributed by atoms with E-state index in [-0.39, 0.29) is 0 Å². The average molecular weight is 363 g/mol. The molecule has 0 N–H and O–H groups in total. The molecule has 1 unspecified atom stereocenters. The summed E-state index contributed by atoms with van der Waals surface area (Å²) in [5, 5.41) is 1.98. The lowest BCUT2D eigenvalue weighted by molar-refractivity contribution is 0.304. The van der Waals surface area contributed by atoms with Gasteiger partial charge in [-0.1, -0.05) is 87.9 Å². The minimum atomic E-state index is 0.515. The van der Waals surface area contributed by atoms with Gasteiger partial charge in [0.05, 0.1) is 11.6 Å². The third kappa shape index (κ3) is 8.04. The molecule has 1 aromatic rings. The third-order valence-electron chi connectivity index (χ3n) is 3.83. The van der Waals surface area contributed by atoms with Crippen LogP contribution in [0, 0.1) is 0 Å². The Balaban J connectivity index is 2.01. The van der Waals surface area contributed by atoms with Crippen LogP contribution >= 0.6 is 32.4 Å². The van der Waals surface area contributed by atoms with E-state index in [1.807, 2.05) is 12.1 Å². The van der Waals surface area contributed by atoms with Crippen molar-refractivity contribution in [2.24, 2.45) is 0 Å². The van der Waals surface area contributed by atoms with Gasteiger partial charge in [0.15, 0.2) is 0 Å². The summed E-state index contributed by atoms with van der Waals surface area (Å²) in [5.74, 6) is 0.689. The van der Waals surface area contributed by atoms with Crippen LogP contribution in [0.5, 0.6) is 5.75 Å². The predicted molar refractivity (Wildman–Crippen MR) is 103 cm³/mol. The molecule has 1 nitrogen and oxygen atoms in total. The largest absolute Gasteiger partial charge is 0.492 e. The first-order chi connectivity index (χ1) is 10.7. The van der Waals surface area contributed by atoms with Crippen molar-refractivity contribution < 1.29 is 4.74 Å². The van der Waals surface area contributed by atoms with E-state index in [0.29, 0.717) is 22.4 Å². The quantitative estimate of drug-likeness (QED) is 0.293. The lowest BCUT2D eigenvalue weighted by Gasteiger charge is -2.10. The Hall–Kier alpha value is 0.0300. The van der Waals surface area contributed by atoms with Crippen LogP contribution in [0.3, 0.4) is 0 Å². The molecule has 1 aromatic carbocycles. The van der Waals surface area contributed by atoms with Gasteiger partial charge >= 0.3 is 0 Å². The maximum Gasteiger partial charge on any atom is 0.139 e. The summed E-state index contributed by atoms with van der Waals surface area (Å²) in [6.45, 7) is 2.97. The van der Waals surface area contributed by atoms with E-state index in [2.05, 4.69) is 16.2 Å². The zero-order valence-corrected chi connectivity index (χ0v) is 16.3. The van der Waals surface area contributed by atoms with Gasteiger partial charge in [-0.25, -0.2) is 0 Å². The number of unbranched alkanes of at least 4 members (excludes halogenated alkanes) is 9. The van der Waals surface area contributed by atoms with Gasteiger partial charge in [-0.05, 0) is 23.9 Å². The summed E-state index contributed by atoms with van der Waals surface area (Å²) >= 11 is 12.3. The zero-order chi connectivity index (χ0) is 16.2. The van der Waals surface area contributed by atoms with Gasteiger partial charge in [-0.3, -0.25) is 0 Å². The van der Waals surface area contributed by atoms with Gasteiger partial charge in [0.1, 0.15) is 10.8 Å². The first-order valence-corrected chi connectivity index (χ1v) is 9.86. The highest BCUT2D eigenvalue weighted by Crippen LogP contribution is 2.31. The van der Waals surface area contributed by atoms with Crippen molar-refractivity contribution in [2.75, 3.05) is 6.61 Å². The van der Waals surface area contributed by atoms with Crippen LogP contribution in [0.4, 0.5) is 0 Å². The van der Waals surface area contributed by atoms with Crippen LogP contribution in [0.15, 0.2) is 12.1 Å². The molecule has 4 heteroatoms. The minimum absolute atomic E-state index is 0.515. The smallest absolute Gasteiger partial charge is 0.139 e.